The molecule has 0 aromatic heterocycles. The number of nitrogens with one attached hydrogen (secondary N) is 1. The minimum absolute atomic E-state index is 0.444. The van der Waals surface area contributed by atoms with Gasteiger partial charge in [0.15, 0.2) is 0 Å². The zero-order valence-corrected chi connectivity index (χ0v) is 12.5. The number of hydrogen-bond acceptors (Lipinski definition) is 2. The van der Waals surface area contributed by atoms with Crippen LogP contribution in [0.3, 0.4) is 0 Å². The summed E-state index contributed by atoms with van der Waals surface area (Å²) in [5.74, 6) is 0. The fraction of sp³-hybridized carbons (Fsp3) is 0.625. The molecule has 0 bridgehead atoms. The molecule has 0 radical (unpaired) electrons. The largest absolute Gasteiger partial charge is 0.369 e. The molecule has 0 spiro atoms. The second-order valence-corrected chi connectivity index (χ2v) is 4.85. The van der Waals surface area contributed by atoms with Crippen molar-refractivity contribution in [1.29, 1.82) is 0 Å². The Morgan fingerprint density at radius 2 is 1.78 bits per heavy atom. The minimum Gasteiger partial charge on any atom is -0.369 e. The summed E-state index contributed by atoms with van der Waals surface area (Å²) in [4.78, 5) is 2.51. The van der Waals surface area contributed by atoms with Crippen molar-refractivity contribution in [1.82, 2.24) is 5.32 Å². The maximum atomic E-state index is 3.42. The number of benzene rings is 1. The predicted octanol–water partition coefficient (Wildman–Crippen LogP) is 3.98. The monoisotopic (exact) mass is 248 g/mol. The maximum absolute atomic E-state index is 3.42. The number of para-hydroxylation sites is 1. The molecule has 2 unspecified atom stereocenters. The van der Waals surface area contributed by atoms with Gasteiger partial charge in [0.25, 0.3) is 0 Å². The summed E-state index contributed by atoms with van der Waals surface area (Å²) < 4.78 is 0. The molecule has 1 rings (SSSR count). The number of anilines is 1. The molecule has 0 saturated carbocycles. The Balaban J connectivity index is 3.13. The van der Waals surface area contributed by atoms with E-state index in [1.807, 2.05) is 7.05 Å². The summed E-state index contributed by atoms with van der Waals surface area (Å²) in [7, 11) is 2.05. The molecule has 0 aliphatic heterocycles. The molecule has 1 N–H and O–H groups in total. The molecular weight excluding hydrogens is 220 g/mol. The van der Waals surface area contributed by atoms with Crippen molar-refractivity contribution >= 4 is 5.69 Å². The van der Waals surface area contributed by atoms with Crippen LogP contribution in [0.4, 0.5) is 5.69 Å². The summed E-state index contributed by atoms with van der Waals surface area (Å²) >= 11 is 0. The lowest BCUT2D eigenvalue weighted by molar-refractivity contribution is 0.566. The Morgan fingerprint density at radius 1 is 1.11 bits per heavy atom. The van der Waals surface area contributed by atoms with Crippen LogP contribution in [0.2, 0.25) is 0 Å². The zero-order valence-electron chi connectivity index (χ0n) is 12.5. The van der Waals surface area contributed by atoms with Crippen molar-refractivity contribution in [2.75, 3.05) is 18.5 Å². The molecule has 2 heteroatoms. The number of nitrogens with zero attached hydrogens (tertiary/aromatic N) is 1. The quantitative estimate of drug-likeness (QED) is 0.785. The van der Waals surface area contributed by atoms with Crippen molar-refractivity contribution in [2.45, 2.75) is 52.6 Å². The van der Waals surface area contributed by atoms with Crippen molar-refractivity contribution in [2.24, 2.45) is 0 Å². The van der Waals surface area contributed by atoms with Gasteiger partial charge in [-0.2, -0.15) is 0 Å². The van der Waals surface area contributed by atoms with Gasteiger partial charge in [-0.25, -0.2) is 0 Å². The van der Waals surface area contributed by atoms with Gasteiger partial charge in [0.2, 0.25) is 0 Å². The molecule has 0 aliphatic rings. The second-order valence-electron chi connectivity index (χ2n) is 4.85. The van der Waals surface area contributed by atoms with Gasteiger partial charge in [-0.15, -0.1) is 0 Å². The molecule has 0 amide bonds. The fourth-order valence-electron chi connectivity index (χ4n) is 2.56. The first kappa shape index (κ1) is 15.0. The van der Waals surface area contributed by atoms with E-state index in [4.69, 9.17) is 0 Å². The lowest BCUT2D eigenvalue weighted by Crippen LogP contribution is -2.34. The highest BCUT2D eigenvalue weighted by molar-refractivity contribution is 5.55. The lowest BCUT2D eigenvalue weighted by atomic mass is 10.0. The molecule has 18 heavy (non-hydrogen) atoms. The van der Waals surface area contributed by atoms with Gasteiger partial charge in [-0.05, 0) is 45.4 Å². The van der Waals surface area contributed by atoms with E-state index in [-0.39, 0.29) is 0 Å². The summed E-state index contributed by atoms with van der Waals surface area (Å²) in [6.07, 6.45) is 2.30. The first-order valence-electron chi connectivity index (χ1n) is 7.22. The van der Waals surface area contributed by atoms with Crippen molar-refractivity contribution < 1.29 is 0 Å². The van der Waals surface area contributed by atoms with E-state index >= 15 is 0 Å². The van der Waals surface area contributed by atoms with Gasteiger partial charge in [0.1, 0.15) is 0 Å². The van der Waals surface area contributed by atoms with Gasteiger partial charge < -0.3 is 10.2 Å². The Kier molecular flexibility index (Phi) is 6.20. The molecule has 0 aliphatic carbocycles. The van der Waals surface area contributed by atoms with Crippen molar-refractivity contribution in [3.63, 3.8) is 0 Å². The average Bonchev–Trinajstić information content (AvgIpc) is 2.42. The van der Waals surface area contributed by atoms with Crippen LogP contribution < -0.4 is 10.2 Å². The first-order chi connectivity index (χ1) is 8.69. The molecular formula is C16H28N2. The highest BCUT2D eigenvalue weighted by Crippen LogP contribution is 2.29. The topological polar surface area (TPSA) is 15.3 Å². The normalized spacial score (nSPS) is 14.3. The third-order valence-corrected chi connectivity index (χ3v) is 3.84. The van der Waals surface area contributed by atoms with E-state index in [1.165, 1.54) is 17.7 Å². The standard InChI is InChI=1S/C16H28N2/c1-6-13(4)18(8-3)16-12-10-9-11-14(16)15(7-2)17-5/h9-13,15,17H,6-8H2,1-5H3. The molecule has 102 valence electrons. The van der Waals surface area contributed by atoms with Crippen LogP contribution in [0.25, 0.3) is 0 Å². The molecule has 1 aromatic carbocycles. The SMILES string of the molecule is CCC(NC)c1ccccc1N(CC)C(C)CC. The highest BCUT2D eigenvalue weighted by atomic mass is 15.2. The molecule has 2 nitrogen and oxygen atoms in total. The van der Waals surface area contributed by atoms with E-state index in [0.717, 1.165) is 13.0 Å². The first-order valence-corrected chi connectivity index (χ1v) is 7.22. The zero-order chi connectivity index (χ0) is 13.5. The Bertz CT molecular complexity index is 345. The molecule has 0 fully saturated rings. The Morgan fingerprint density at radius 3 is 2.28 bits per heavy atom. The summed E-state index contributed by atoms with van der Waals surface area (Å²) in [6.45, 7) is 10.1. The minimum atomic E-state index is 0.444. The van der Waals surface area contributed by atoms with Gasteiger partial charge in [-0.3, -0.25) is 0 Å². The third kappa shape index (κ3) is 3.26. The fourth-order valence-corrected chi connectivity index (χ4v) is 2.56. The van der Waals surface area contributed by atoms with Gasteiger partial charge in [-0.1, -0.05) is 32.0 Å². The predicted molar refractivity (Wildman–Crippen MR) is 81.3 cm³/mol. The summed E-state index contributed by atoms with van der Waals surface area (Å²) in [6, 6.07) is 9.83. The van der Waals surface area contributed by atoms with E-state index < -0.39 is 0 Å². The van der Waals surface area contributed by atoms with E-state index in [1.54, 1.807) is 0 Å². The second kappa shape index (κ2) is 7.42. The third-order valence-electron chi connectivity index (χ3n) is 3.84. The smallest absolute Gasteiger partial charge is 0.0417 e. The molecule has 0 saturated heterocycles. The van der Waals surface area contributed by atoms with Crippen LogP contribution in [-0.2, 0) is 0 Å². The van der Waals surface area contributed by atoms with Gasteiger partial charge in [0.05, 0.1) is 0 Å². The van der Waals surface area contributed by atoms with Crippen LogP contribution >= 0.6 is 0 Å². The van der Waals surface area contributed by atoms with Crippen LogP contribution in [0.1, 0.15) is 52.1 Å². The number of rotatable bonds is 7. The van der Waals surface area contributed by atoms with Crippen molar-refractivity contribution in [3.8, 4) is 0 Å². The van der Waals surface area contributed by atoms with E-state index in [2.05, 4.69) is 62.2 Å². The molecule has 0 heterocycles. The van der Waals surface area contributed by atoms with Crippen molar-refractivity contribution in [3.05, 3.63) is 29.8 Å². The summed E-state index contributed by atoms with van der Waals surface area (Å²) in [5.41, 5.74) is 2.81. The van der Waals surface area contributed by atoms with E-state index in [9.17, 15) is 0 Å². The van der Waals surface area contributed by atoms with Crippen LogP contribution in [-0.4, -0.2) is 19.6 Å². The van der Waals surface area contributed by atoms with Gasteiger partial charge in [0, 0.05) is 24.3 Å². The average molecular weight is 248 g/mol. The highest BCUT2D eigenvalue weighted by Gasteiger charge is 2.18. The van der Waals surface area contributed by atoms with E-state index in [0.29, 0.717) is 12.1 Å². The lowest BCUT2D eigenvalue weighted by Gasteiger charge is -2.33. The summed E-state index contributed by atoms with van der Waals surface area (Å²) in [5, 5.41) is 3.42. The van der Waals surface area contributed by atoms with Crippen LogP contribution in [0, 0.1) is 0 Å². The van der Waals surface area contributed by atoms with Gasteiger partial charge >= 0.3 is 0 Å². The maximum Gasteiger partial charge on any atom is 0.0417 e. The number of hydrogen-bond donors (Lipinski definition) is 1. The van der Waals surface area contributed by atoms with Crippen LogP contribution in [0.15, 0.2) is 24.3 Å². The van der Waals surface area contributed by atoms with Crippen LogP contribution in [0.5, 0.6) is 0 Å². The molecule has 1 aromatic rings. The molecule has 2 atom stereocenters. The Labute approximate surface area is 112 Å². The Hall–Kier alpha value is -1.02.